The molecule has 0 heterocycles. The fourth-order valence-corrected chi connectivity index (χ4v) is 1.58. The number of nitrogens with one attached hydrogen (secondary N) is 1. The van der Waals surface area contributed by atoms with Crippen molar-refractivity contribution in [3.63, 3.8) is 0 Å². The Kier molecular flexibility index (Phi) is 5.37. The van der Waals surface area contributed by atoms with E-state index < -0.39 is 0 Å². The van der Waals surface area contributed by atoms with Crippen LogP contribution in [-0.2, 0) is 11.2 Å². The average molecular weight is 207 g/mol. The zero-order valence-corrected chi connectivity index (χ0v) is 9.97. The predicted molar refractivity (Wildman–Crippen MR) is 64.4 cm³/mol. The summed E-state index contributed by atoms with van der Waals surface area (Å²) in [5, 5.41) is 3.06. The number of likely N-dealkylation sites (N-methyl/N-ethyl adjacent to an activating group) is 1. The molecule has 0 unspecified atom stereocenters. The molecule has 0 bridgehead atoms. The van der Waals surface area contributed by atoms with Gasteiger partial charge in [0.05, 0.1) is 13.2 Å². The topological polar surface area (TPSA) is 21.3 Å². The van der Waals surface area contributed by atoms with Crippen LogP contribution in [0.3, 0.4) is 0 Å². The van der Waals surface area contributed by atoms with E-state index in [4.69, 9.17) is 4.74 Å². The van der Waals surface area contributed by atoms with Crippen LogP contribution in [-0.4, -0.2) is 26.8 Å². The van der Waals surface area contributed by atoms with Gasteiger partial charge in [-0.15, -0.1) is 0 Å². The molecule has 0 aliphatic heterocycles. The molecule has 0 saturated heterocycles. The molecule has 15 heavy (non-hydrogen) atoms. The summed E-state index contributed by atoms with van der Waals surface area (Å²) in [6, 6.07) is 6.59. The summed E-state index contributed by atoms with van der Waals surface area (Å²) >= 11 is 0. The van der Waals surface area contributed by atoms with Crippen molar-refractivity contribution in [1.82, 2.24) is 5.32 Å². The molecule has 0 radical (unpaired) electrons. The summed E-state index contributed by atoms with van der Waals surface area (Å²) in [5.41, 5.74) is 4.09. The molecule has 0 aliphatic rings. The van der Waals surface area contributed by atoms with Crippen molar-refractivity contribution in [3.8, 4) is 0 Å². The first kappa shape index (κ1) is 12.2. The molecule has 0 aromatic heterocycles. The number of rotatable bonds is 6. The number of ether oxygens (including phenoxy) is 1. The van der Waals surface area contributed by atoms with Crippen LogP contribution in [0.1, 0.15) is 16.7 Å². The highest BCUT2D eigenvalue weighted by atomic mass is 16.5. The van der Waals surface area contributed by atoms with Gasteiger partial charge in [0, 0.05) is 6.54 Å². The van der Waals surface area contributed by atoms with Gasteiger partial charge in [-0.3, -0.25) is 0 Å². The third kappa shape index (κ3) is 4.45. The van der Waals surface area contributed by atoms with Gasteiger partial charge in [-0.2, -0.15) is 0 Å². The van der Waals surface area contributed by atoms with Gasteiger partial charge < -0.3 is 10.1 Å². The van der Waals surface area contributed by atoms with Gasteiger partial charge in [0.1, 0.15) is 0 Å². The van der Waals surface area contributed by atoms with Gasteiger partial charge >= 0.3 is 0 Å². The maximum Gasteiger partial charge on any atom is 0.0590 e. The Bertz CT molecular complexity index is 297. The van der Waals surface area contributed by atoms with E-state index >= 15 is 0 Å². The molecule has 1 rings (SSSR count). The molecule has 1 N–H and O–H groups in total. The second-order valence-electron chi connectivity index (χ2n) is 3.90. The van der Waals surface area contributed by atoms with Gasteiger partial charge in [0.25, 0.3) is 0 Å². The second-order valence-corrected chi connectivity index (χ2v) is 3.90. The van der Waals surface area contributed by atoms with Gasteiger partial charge in [-0.25, -0.2) is 0 Å². The first-order valence-electron chi connectivity index (χ1n) is 5.52. The van der Waals surface area contributed by atoms with Crippen molar-refractivity contribution >= 4 is 0 Å². The lowest BCUT2D eigenvalue weighted by atomic mass is 10.0. The molecule has 0 aliphatic carbocycles. The molecule has 0 atom stereocenters. The Labute approximate surface area is 92.6 Å². The summed E-state index contributed by atoms with van der Waals surface area (Å²) < 4.78 is 5.50. The normalized spacial score (nSPS) is 10.6. The van der Waals surface area contributed by atoms with Gasteiger partial charge in [0.15, 0.2) is 0 Å². The number of hydrogen-bond acceptors (Lipinski definition) is 2. The van der Waals surface area contributed by atoms with Gasteiger partial charge in [-0.05, 0) is 38.4 Å². The Balaban J connectivity index is 2.31. The van der Waals surface area contributed by atoms with Crippen LogP contribution in [0.25, 0.3) is 0 Å². The fraction of sp³-hybridized carbons (Fsp3) is 0.538. The van der Waals surface area contributed by atoms with Crippen molar-refractivity contribution in [2.75, 3.05) is 26.8 Å². The summed E-state index contributed by atoms with van der Waals surface area (Å²) in [6.07, 6.45) is 1.01. The van der Waals surface area contributed by atoms with Crippen LogP contribution < -0.4 is 5.32 Å². The molecule has 0 spiro atoms. The lowest BCUT2D eigenvalue weighted by molar-refractivity contribution is 0.140. The molecule has 0 amide bonds. The molecule has 2 heteroatoms. The lowest BCUT2D eigenvalue weighted by Gasteiger charge is -2.07. The highest BCUT2D eigenvalue weighted by Crippen LogP contribution is 2.10. The molecular formula is C13H21NO. The Morgan fingerprint density at radius 2 is 2.00 bits per heavy atom. The van der Waals surface area contributed by atoms with Crippen LogP contribution >= 0.6 is 0 Å². The molecule has 84 valence electrons. The molecule has 2 nitrogen and oxygen atoms in total. The minimum Gasteiger partial charge on any atom is -0.380 e. The van der Waals surface area contributed by atoms with Crippen LogP contribution in [0, 0.1) is 13.8 Å². The van der Waals surface area contributed by atoms with E-state index in [0.717, 1.165) is 26.2 Å². The maximum atomic E-state index is 5.50. The Morgan fingerprint density at radius 3 is 2.67 bits per heavy atom. The maximum absolute atomic E-state index is 5.50. The van der Waals surface area contributed by atoms with Gasteiger partial charge in [0.2, 0.25) is 0 Å². The van der Waals surface area contributed by atoms with Gasteiger partial charge in [-0.1, -0.05) is 23.8 Å². The minimum absolute atomic E-state index is 0.793. The van der Waals surface area contributed by atoms with E-state index in [1.807, 2.05) is 7.05 Å². The summed E-state index contributed by atoms with van der Waals surface area (Å²) in [7, 11) is 1.94. The van der Waals surface area contributed by atoms with Crippen molar-refractivity contribution in [2.24, 2.45) is 0 Å². The third-order valence-electron chi connectivity index (χ3n) is 2.51. The van der Waals surface area contributed by atoms with Crippen LogP contribution in [0.4, 0.5) is 0 Å². The SMILES string of the molecule is CNCCOCCc1ccc(C)cc1C. The molecular weight excluding hydrogens is 186 g/mol. The van der Waals surface area contributed by atoms with E-state index in [1.165, 1.54) is 16.7 Å². The van der Waals surface area contributed by atoms with E-state index in [-0.39, 0.29) is 0 Å². The van der Waals surface area contributed by atoms with Crippen molar-refractivity contribution in [1.29, 1.82) is 0 Å². The second kappa shape index (κ2) is 6.59. The smallest absolute Gasteiger partial charge is 0.0590 e. The number of benzene rings is 1. The Morgan fingerprint density at radius 1 is 1.20 bits per heavy atom. The first-order chi connectivity index (χ1) is 7.24. The average Bonchev–Trinajstić information content (AvgIpc) is 2.20. The zero-order valence-electron chi connectivity index (χ0n) is 9.97. The Hall–Kier alpha value is -0.860. The van der Waals surface area contributed by atoms with Crippen LogP contribution in [0.15, 0.2) is 18.2 Å². The lowest BCUT2D eigenvalue weighted by Crippen LogP contribution is -2.15. The molecule has 0 saturated carbocycles. The largest absolute Gasteiger partial charge is 0.380 e. The van der Waals surface area contributed by atoms with E-state index in [9.17, 15) is 0 Å². The highest BCUT2D eigenvalue weighted by molar-refractivity contribution is 5.30. The predicted octanol–water partition coefficient (Wildman–Crippen LogP) is 2.08. The molecule has 0 fully saturated rings. The first-order valence-corrected chi connectivity index (χ1v) is 5.52. The van der Waals surface area contributed by atoms with E-state index in [2.05, 4.69) is 37.4 Å². The zero-order chi connectivity index (χ0) is 11.1. The summed E-state index contributed by atoms with van der Waals surface area (Å²) in [4.78, 5) is 0. The molecule has 1 aromatic carbocycles. The van der Waals surface area contributed by atoms with Crippen molar-refractivity contribution < 1.29 is 4.74 Å². The van der Waals surface area contributed by atoms with E-state index in [0.29, 0.717) is 0 Å². The number of aryl methyl sites for hydroxylation is 2. The summed E-state index contributed by atoms with van der Waals surface area (Å²) in [6.45, 7) is 6.82. The third-order valence-corrected chi connectivity index (χ3v) is 2.51. The fourth-order valence-electron chi connectivity index (χ4n) is 1.58. The van der Waals surface area contributed by atoms with Crippen LogP contribution in [0.2, 0.25) is 0 Å². The van der Waals surface area contributed by atoms with Crippen molar-refractivity contribution in [2.45, 2.75) is 20.3 Å². The summed E-state index contributed by atoms with van der Waals surface area (Å²) in [5.74, 6) is 0. The van der Waals surface area contributed by atoms with Crippen LogP contribution in [0.5, 0.6) is 0 Å². The highest BCUT2D eigenvalue weighted by Gasteiger charge is 1.98. The monoisotopic (exact) mass is 207 g/mol. The van der Waals surface area contributed by atoms with E-state index in [1.54, 1.807) is 0 Å². The van der Waals surface area contributed by atoms with Crippen molar-refractivity contribution in [3.05, 3.63) is 34.9 Å². The number of hydrogen-bond donors (Lipinski definition) is 1. The minimum atomic E-state index is 0.793. The quantitative estimate of drug-likeness (QED) is 0.721. The standard InChI is InChI=1S/C13H21NO/c1-11-4-5-13(12(2)10-11)6-8-15-9-7-14-3/h4-5,10,14H,6-9H2,1-3H3. The molecule has 1 aromatic rings.